The van der Waals surface area contributed by atoms with Gasteiger partial charge in [0.05, 0.1) is 23.0 Å². The zero-order valence-corrected chi connectivity index (χ0v) is 29.2. The van der Waals surface area contributed by atoms with Crippen LogP contribution in [0.1, 0.15) is 74.9 Å². The summed E-state index contributed by atoms with van der Waals surface area (Å²) in [6, 6.07) is 5.13. The van der Waals surface area contributed by atoms with Crippen molar-refractivity contribution in [2.45, 2.75) is 78.8 Å². The molecule has 47 heavy (non-hydrogen) atoms. The fourth-order valence-electron chi connectivity index (χ4n) is 8.51. The molecule has 2 amide bonds. The van der Waals surface area contributed by atoms with Crippen molar-refractivity contribution in [3.8, 4) is 5.69 Å². The van der Waals surface area contributed by atoms with Crippen LogP contribution in [0, 0.1) is 30.5 Å². The van der Waals surface area contributed by atoms with E-state index >= 15 is 0 Å². The molecule has 3 aromatic rings. The molecular formula is C38H53FN6O2. The minimum atomic E-state index is -0.416. The van der Waals surface area contributed by atoms with Gasteiger partial charge in [-0.2, -0.15) is 0 Å². The summed E-state index contributed by atoms with van der Waals surface area (Å²) in [4.78, 5) is 38.8. The molecule has 3 aliphatic rings. The van der Waals surface area contributed by atoms with E-state index in [4.69, 9.17) is 0 Å². The van der Waals surface area contributed by atoms with Gasteiger partial charge in [0.2, 0.25) is 5.91 Å². The van der Waals surface area contributed by atoms with Gasteiger partial charge in [-0.25, -0.2) is 4.39 Å². The number of rotatable bonds is 11. The lowest BCUT2D eigenvalue weighted by Crippen LogP contribution is -2.35. The Morgan fingerprint density at radius 1 is 1.09 bits per heavy atom. The number of hydrogen-bond donors (Lipinski definition) is 0. The summed E-state index contributed by atoms with van der Waals surface area (Å²) in [5.74, 6) is 1.48. The predicted molar refractivity (Wildman–Crippen MR) is 185 cm³/mol. The molecular weight excluding hydrogens is 591 g/mol. The number of halogens is 1. The number of likely N-dealkylation sites (tertiary alicyclic amines) is 3. The Hall–Kier alpha value is -3.30. The third kappa shape index (κ3) is 6.98. The van der Waals surface area contributed by atoms with Crippen LogP contribution in [0.2, 0.25) is 0 Å². The molecule has 6 rings (SSSR count). The number of carbonyl (C=O) groups excluding carboxylic acids is 2. The Labute approximate surface area is 279 Å². The third-order valence-corrected chi connectivity index (χ3v) is 11.4. The highest BCUT2D eigenvalue weighted by Gasteiger charge is 2.40. The highest BCUT2D eigenvalue weighted by atomic mass is 19.1. The number of aryl methyl sites for hydroxylation is 1. The van der Waals surface area contributed by atoms with E-state index in [9.17, 15) is 14.0 Å². The lowest BCUT2D eigenvalue weighted by atomic mass is 9.97. The third-order valence-electron chi connectivity index (χ3n) is 11.4. The summed E-state index contributed by atoms with van der Waals surface area (Å²) in [6.45, 7) is 17.6. The highest BCUT2D eigenvalue weighted by Crippen LogP contribution is 2.34. The smallest absolute Gasteiger partial charge is 0.256 e. The Morgan fingerprint density at radius 2 is 1.83 bits per heavy atom. The zero-order chi connectivity index (χ0) is 33.4. The molecule has 3 fully saturated rings. The van der Waals surface area contributed by atoms with Crippen molar-refractivity contribution >= 4 is 22.7 Å². The largest absolute Gasteiger partial charge is 0.342 e. The van der Waals surface area contributed by atoms with Crippen molar-refractivity contribution in [1.82, 2.24) is 29.2 Å². The molecule has 0 radical (unpaired) electrons. The zero-order valence-electron chi connectivity index (χ0n) is 29.2. The molecule has 0 N–H and O–H groups in total. The topological polar surface area (TPSA) is 64.9 Å². The van der Waals surface area contributed by atoms with Gasteiger partial charge in [-0.1, -0.05) is 6.92 Å². The molecule has 2 aromatic heterocycles. The SMILES string of the molecule is CCC(CCCN1C[C@H]2CN(C(C)=O)C[C@@H]2C1)N1CC[C@H](Cc2cn(-c3ccc(F)cc3C(=O)N(C)C(C)C)c3cncc(C)c23)C1. The van der Waals surface area contributed by atoms with Crippen molar-refractivity contribution in [3.05, 3.63) is 59.3 Å². The normalized spacial score (nSPS) is 22.5. The van der Waals surface area contributed by atoms with Gasteiger partial charge in [0, 0.05) is 76.6 Å². The second-order valence-electron chi connectivity index (χ2n) is 14.8. The number of hydrogen-bond acceptors (Lipinski definition) is 5. The van der Waals surface area contributed by atoms with Crippen LogP contribution >= 0.6 is 0 Å². The first-order valence-corrected chi connectivity index (χ1v) is 17.8. The first kappa shape index (κ1) is 33.6. The molecule has 5 heterocycles. The van der Waals surface area contributed by atoms with Crippen LogP contribution in [0.5, 0.6) is 0 Å². The molecule has 1 aromatic carbocycles. The summed E-state index contributed by atoms with van der Waals surface area (Å²) >= 11 is 0. The molecule has 3 aliphatic heterocycles. The number of nitrogens with zero attached hydrogens (tertiary/aromatic N) is 6. The van der Waals surface area contributed by atoms with Crippen molar-refractivity contribution in [2.75, 3.05) is 52.9 Å². The van der Waals surface area contributed by atoms with Crippen LogP contribution in [0.15, 0.2) is 36.8 Å². The number of amides is 2. The van der Waals surface area contributed by atoms with E-state index in [-0.39, 0.29) is 17.9 Å². The molecule has 0 saturated carbocycles. The van der Waals surface area contributed by atoms with Gasteiger partial charge in [-0.15, -0.1) is 0 Å². The Bertz CT molecular complexity index is 1590. The average molecular weight is 645 g/mol. The highest BCUT2D eigenvalue weighted by molar-refractivity contribution is 5.99. The minimum Gasteiger partial charge on any atom is -0.342 e. The van der Waals surface area contributed by atoms with Gasteiger partial charge in [-0.05, 0) is 113 Å². The number of carbonyl (C=O) groups is 2. The van der Waals surface area contributed by atoms with Crippen molar-refractivity contribution in [3.63, 3.8) is 0 Å². The fourth-order valence-corrected chi connectivity index (χ4v) is 8.51. The van der Waals surface area contributed by atoms with Gasteiger partial charge in [-0.3, -0.25) is 14.6 Å². The fraction of sp³-hybridized carbons (Fsp3) is 0.605. The van der Waals surface area contributed by atoms with E-state index in [1.165, 1.54) is 48.8 Å². The van der Waals surface area contributed by atoms with Crippen LogP contribution < -0.4 is 0 Å². The van der Waals surface area contributed by atoms with Gasteiger partial charge >= 0.3 is 0 Å². The monoisotopic (exact) mass is 644 g/mol. The summed E-state index contributed by atoms with van der Waals surface area (Å²) < 4.78 is 16.6. The molecule has 0 spiro atoms. The second kappa shape index (κ2) is 14.0. The van der Waals surface area contributed by atoms with E-state index in [1.54, 1.807) is 24.9 Å². The molecule has 0 aliphatic carbocycles. The van der Waals surface area contributed by atoms with E-state index in [1.807, 2.05) is 31.1 Å². The molecule has 8 nitrogen and oxygen atoms in total. The lowest BCUT2D eigenvalue weighted by molar-refractivity contribution is -0.128. The summed E-state index contributed by atoms with van der Waals surface area (Å²) in [6.07, 6.45) is 11.7. The van der Waals surface area contributed by atoms with Crippen LogP contribution in [0.3, 0.4) is 0 Å². The van der Waals surface area contributed by atoms with E-state index in [2.05, 4.69) is 39.4 Å². The summed E-state index contributed by atoms with van der Waals surface area (Å²) in [7, 11) is 1.77. The van der Waals surface area contributed by atoms with E-state index < -0.39 is 5.82 Å². The van der Waals surface area contributed by atoms with E-state index in [0.29, 0.717) is 35.0 Å². The van der Waals surface area contributed by atoms with E-state index in [0.717, 1.165) is 63.3 Å². The average Bonchev–Trinajstić information content (AvgIpc) is 3.82. The molecule has 0 bridgehead atoms. The van der Waals surface area contributed by atoms with Gasteiger partial charge in [0.15, 0.2) is 0 Å². The van der Waals surface area contributed by atoms with Crippen LogP contribution in [0.25, 0.3) is 16.6 Å². The van der Waals surface area contributed by atoms with Crippen LogP contribution in [-0.2, 0) is 11.2 Å². The Balaban J connectivity index is 1.12. The van der Waals surface area contributed by atoms with Gasteiger partial charge < -0.3 is 24.2 Å². The standard InChI is InChI=1S/C38H53FN6O2/c1-7-33(9-8-13-42-20-30-22-44(27(5)46)23-31(30)21-42)43-14-12-28(19-43)15-29-24-45(36-18-40-17-26(4)37(29)36)35-11-10-32(39)16-34(35)38(47)41(6)25(2)3/h10-11,16-18,24-25,28,30-31,33H,7-9,12-15,19-23H2,1-6H3/t28-,30+,31+,33?/m1/s1. The number of benzene rings is 1. The maximum absolute atomic E-state index is 14.5. The molecule has 3 saturated heterocycles. The van der Waals surface area contributed by atoms with Crippen LogP contribution in [0.4, 0.5) is 4.39 Å². The van der Waals surface area contributed by atoms with Gasteiger partial charge in [0.25, 0.3) is 5.91 Å². The lowest BCUT2D eigenvalue weighted by Gasteiger charge is -2.28. The molecule has 1 unspecified atom stereocenters. The quantitative estimate of drug-likeness (QED) is 0.265. The molecule has 9 heteroatoms. The van der Waals surface area contributed by atoms with Crippen molar-refractivity contribution in [2.24, 2.45) is 17.8 Å². The van der Waals surface area contributed by atoms with Gasteiger partial charge in [0.1, 0.15) is 5.82 Å². The minimum absolute atomic E-state index is 0.00300. The maximum Gasteiger partial charge on any atom is 0.256 e. The first-order chi connectivity index (χ1) is 22.5. The maximum atomic E-state index is 14.5. The Morgan fingerprint density at radius 3 is 2.51 bits per heavy atom. The Kier molecular flexibility index (Phi) is 10.0. The summed E-state index contributed by atoms with van der Waals surface area (Å²) in [5, 5.41) is 1.19. The number of pyridine rings is 1. The molecule has 254 valence electrons. The number of aromatic nitrogens is 2. The first-order valence-electron chi connectivity index (χ1n) is 17.8. The van der Waals surface area contributed by atoms with Crippen molar-refractivity contribution in [1.29, 1.82) is 0 Å². The molecule has 4 atom stereocenters. The van der Waals surface area contributed by atoms with Crippen molar-refractivity contribution < 1.29 is 14.0 Å². The number of fused-ring (bicyclic) bond motifs is 2. The summed E-state index contributed by atoms with van der Waals surface area (Å²) in [5.41, 5.74) is 4.38. The van der Waals surface area contributed by atoms with Crippen LogP contribution in [-0.4, -0.2) is 106 Å². The predicted octanol–water partition coefficient (Wildman–Crippen LogP) is 5.79. The second-order valence-corrected chi connectivity index (χ2v) is 14.8.